The maximum atomic E-state index is 6.36. The number of aromatic nitrogens is 8. The number of hydrogen-bond donors (Lipinski definition) is 0. The van der Waals surface area contributed by atoms with Crippen LogP contribution in [0.1, 0.15) is 0 Å². The van der Waals surface area contributed by atoms with E-state index in [4.69, 9.17) is 19.9 Å². The lowest BCUT2D eigenvalue weighted by Gasteiger charge is -2.27. The van der Waals surface area contributed by atoms with E-state index >= 15 is 0 Å². The predicted molar refractivity (Wildman–Crippen MR) is 337 cm³/mol. The first kappa shape index (κ1) is 45.8. The van der Waals surface area contributed by atoms with Crippen LogP contribution in [0.3, 0.4) is 0 Å². The van der Waals surface area contributed by atoms with Gasteiger partial charge < -0.3 is 9.13 Å². The van der Waals surface area contributed by atoms with E-state index in [0.29, 0.717) is 17.5 Å². The van der Waals surface area contributed by atoms with Gasteiger partial charge in [0.2, 0.25) is 0 Å². The maximum absolute atomic E-state index is 6.36. The number of rotatable bonds is 8. The second-order valence-corrected chi connectivity index (χ2v) is 20.9. The first-order valence-electron chi connectivity index (χ1n) is 27.7. The third-order valence-corrected chi connectivity index (χ3v) is 16.4. The Hall–Kier alpha value is -11.2. The molecule has 0 saturated carbocycles. The molecule has 6 heterocycles. The first-order valence-corrected chi connectivity index (χ1v) is 27.7. The van der Waals surface area contributed by atoms with Crippen LogP contribution in [0.4, 0.5) is 0 Å². The molecule has 0 atom stereocenters. The molecular formula is C74H46N8. The van der Waals surface area contributed by atoms with Crippen molar-refractivity contribution in [2.45, 2.75) is 0 Å². The van der Waals surface area contributed by atoms with Gasteiger partial charge in [-0.15, -0.1) is 0 Å². The van der Waals surface area contributed by atoms with E-state index in [0.717, 1.165) is 138 Å². The van der Waals surface area contributed by atoms with Crippen LogP contribution in [0.25, 0.3) is 156 Å². The Morgan fingerprint density at radius 3 is 0.756 bits per heavy atom. The van der Waals surface area contributed by atoms with E-state index in [1.165, 1.54) is 0 Å². The van der Waals surface area contributed by atoms with E-state index < -0.39 is 0 Å². The minimum Gasteiger partial charge on any atom is -0.306 e. The van der Waals surface area contributed by atoms with Crippen molar-refractivity contribution in [3.8, 4) is 68.3 Å². The molecule has 0 amide bonds. The lowest BCUT2D eigenvalue weighted by Crippen LogP contribution is -2.16. The Labute approximate surface area is 470 Å². The summed E-state index contributed by atoms with van der Waals surface area (Å²) in [5.41, 5.74) is 15.0. The topological polar surface area (TPSA) is 71.3 Å². The van der Waals surface area contributed by atoms with Crippen LogP contribution in [0.15, 0.2) is 279 Å². The van der Waals surface area contributed by atoms with Crippen molar-refractivity contribution in [1.82, 2.24) is 38.2 Å². The summed E-state index contributed by atoms with van der Waals surface area (Å²) in [7, 11) is 0. The van der Waals surface area contributed by atoms with Crippen molar-refractivity contribution >= 4 is 87.2 Å². The Morgan fingerprint density at radius 1 is 0.183 bits per heavy atom. The highest BCUT2D eigenvalue weighted by molar-refractivity contribution is 6.16. The summed E-state index contributed by atoms with van der Waals surface area (Å²) in [6, 6.07) is 99.5. The third kappa shape index (κ3) is 6.85. The lowest BCUT2D eigenvalue weighted by molar-refractivity contribution is 0.965. The molecule has 0 aliphatic carbocycles. The number of fused-ring (bicyclic) bond motifs is 12. The summed E-state index contributed by atoms with van der Waals surface area (Å²) in [6.07, 6.45) is 0. The van der Waals surface area contributed by atoms with E-state index in [9.17, 15) is 0 Å². The molecule has 0 radical (unpaired) electrons. The SMILES string of the molecule is c1ccc(-c2nc(-c3ccccc3)nc(-c3ccc(-c4c(-n5c6ccccc6c6ccccc65)nc(-n5c6ccccc6c6ccccc65)c(-n5c6ccccc6c6ccccc65)c4-n4c5ccccc5c5ccccc54)cc3)n2)cc1. The van der Waals surface area contributed by atoms with Crippen LogP contribution in [-0.4, -0.2) is 38.2 Å². The molecule has 0 aliphatic heterocycles. The predicted octanol–water partition coefficient (Wildman–Crippen LogP) is 18.3. The molecule has 11 aromatic carbocycles. The van der Waals surface area contributed by atoms with Gasteiger partial charge in [-0.3, -0.25) is 9.13 Å². The standard InChI is InChI=1S/C74H46N8/c1-3-23-48(24-4-1)70-75-71(49-25-5-2-6-26-49)77-72(76-70)50-45-43-47(44-46-50)67-68(79-59-35-15-7-27-51(59)52-28-8-16-36-60(52)79)69(80-61-37-17-9-29-53(61)54-30-10-18-38-62(54)80)74(82-65-41-21-13-33-57(65)58-34-14-22-42-66(58)82)78-73(67)81-63-39-19-11-31-55(63)56-32-12-20-40-64(56)81/h1-46H. The molecule has 0 unspecified atom stereocenters. The smallest absolute Gasteiger partial charge is 0.166 e. The van der Waals surface area contributed by atoms with Gasteiger partial charge in [0.25, 0.3) is 0 Å². The molecule has 82 heavy (non-hydrogen) atoms. The number of para-hydroxylation sites is 8. The minimum atomic E-state index is 0.579. The molecule has 0 spiro atoms. The van der Waals surface area contributed by atoms with E-state index in [2.05, 4.69) is 237 Å². The van der Waals surface area contributed by atoms with Gasteiger partial charge in [0.15, 0.2) is 23.3 Å². The first-order chi connectivity index (χ1) is 40.7. The van der Waals surface area contributed by atoms with Crippen molar-refractivity contribution in [3.63, 3.8) is 0 Å². The molecule has 0 bridgehead atoms. The van der Waals surface area contributed by atoms with Gasteiger partial charge in [0, 0.05) is 59.8 Å². The molecular weight excluding hydrogens is 1000 g/mol. The summed E-state index contributed by atoms with van der Waals surface area (Å²) in [5.74, 6) is 3.36. The normalized spacial score (nSPS) is 11.9. The fourth-order valence-electron chi connectivity index (χ4n) is 12.9. The molecule has 0 aliphatic rings. The van der Waals surface area contributed by atoms with Crippen LogP contribution >= 0.6 is 0 Å². The highest BCUT2D eigenvalue weighted by atomic mass is 15.2. The molecule has 8 heteroatoms. The van der Waals surface area contributed by atoms with Gasteiger partial charge in [-0.2, -0.15) is 0 Å². The Kier molecular flexibility index (Phi) is 10.1. The highest BCUT2D eigenvalue weighted by Gasteiger charge is 2.32. The summed E-state index contributed by atoms with van der Waals surface area (Å²) >= 11 is 0. The molecule has 0 fully saturated rings. The Balaban J connectivity index is 1.09. The molecule has 0 saturated heterocycles. The zero-order valence-electron chi connectivity index (χ0n) is 44.1. The van der Waals surface area contributed by atoms with Crippen LogP contribution in [-0.2, 0) is 0 Å². The second kappa shape index (κ2) is 18.2. The zero-order chi connectivity index (χ0) is 53.8. The fourth-order valence-corrected chi connectivity index (χ4v) is 12.9. The molecule has 382 valence electrons. The summed E-state index contributed by atoms with van der Waals surface area (Å²) in [6.45, 7) is 0. The fraction of sp³-hybridized carbons (Fsp3) is 0. The van der Waals surface area contributed by atoms with Gasteiger partial charge >= 0.3 is 0 Å². The van der Waals surface area contributed by atoms with Crippen LogP contribution < -0.4 is 0 Å². The molecule has 17 aromatic rings. The molecule has 0 N–H and O–H groups in total. The number of pyridine rings is 1. The maximum Gasteiger partial charge on any atom is 0.166 e. The van der Waals surface area contributed by atoms with Gasteiger partial charge in [0.1, 0.15) is 11.5 Å². The van der Waals surface area contributed by atoms with Crippen molar-refractivity contribution in [2.75, 3.05) is 0 Å². The van der Waals surface area contributed by atoms with Gasteiger partial charge in [-0.25, -0.2) is 19.9 Å². The Bertz CT molecular complexity index is 5120. The summed E-state index contributed by atoms with van der Waals surface area (Å²) in [5, 5.41) is 9.19. The van der Waals surface area contributed by atoms with E-state index in [1.54, 1.807) is 0 Å². The van der Waals surface area contributed by atoms with Crippen molar-refractivity contribution in [3.05, 3.63) is 279 Å². The van der Waals surface area contributed by atoms with Crippen LogP contribution in [0, 0.1) is 0 Å². The van der Waals surface area contributed by atoms with Gasteiger partial charge in [-0.1, -0.05) is 231 Å². The summed E-state index contributed by atoms with van der Waals surface area (Å²) < 4.78 is 9.83. The quantitative estimate of drug-likeness (QED) is 0.152. The van der Waals surface area contributed by atoms with E-state index in [1.807, 2.05) is 60.7 Å². The minimum absolute atomic E-state index is 0.579. The number of nitrogens with zero attached hydrogens (tertiary/aromatic N) is 8. The van der Waals surface area contributed by atoms with Crippen molar-refractivity contribution in [2.24, 2.45) is 0 Å². The van der Waals surface area contributed by atoms with Crippen molar-refractivity contribution in [1.29, 1.82) is 0 Å². The zero-order valence-corrected chi connectivity index (χ0v) is 44.1. The largest absolute Gasteiger partial charge is 0.306 e. The molecule has 17 rings (SSSR count). The highest BCUT2D eigenvalue weighted by Crippen LogP contribution is 2.49. The molecule has 6 aromatic heterocycles. The third-order valence-electron chi connectivity index (χ3n) is 16.4. The van der Waals surface area contributed by atoms with Crippen molar-refractivity contribution < 1.29 is 0 Å². The van der Waals surface area contributed by atoms with Gasteiger partial charge in [-0.05, 0) is 54.1 Å². The van der Waals surface area contributed by atoms with Gasteiger partial charge in [0.05, 0.1) is 55.4 Å². The Morgan fingerprint density at radius 2 is 0.427 bits per heavy atom. The monoisotopic (exact) mass is 1050 g/mol. The van der Waals surface area contributed by atoms with Crippen LogP contribution in [0.2, 0.25) is 0 Å². The molecule has 8 nitrogen and oxygen atoms in total. The number of benzene rings is 11. The average Bonchev–Trinajstić information content (AvgIpc) is 2.82. The summed E-state index contributed by atoms with van der Waals surface area (Å²) in [4.78, 5) is 21.8. The van der Waals surface area contributed by atoms with Crippen LogP contribution in [0.5, 0.6) is 0 Å². The second-order valence-electron chi connectivity index (χ2n) is 20.9. The number of hydrogen-bond acceptors (Lipinski definition) is 4. The average molecular weight is 1050 g/mol. The lowest BCUT2D eigenvalue weighted by atomic mass is 9.99. The van der Waals surface area contributed by atoms with E-state index in [-0.39, 0.29) is 0 Å².